The lowest BCUT2D eigenvalue weighted by Crippen LogP contribution is -2.00. The Morgan fingerprint density at radius 1 is 0.577 bits per heavy atom. The molecule has 0 aliphatic rings. The number of rotatable bonds is 2. The summed E-state index contributed by atoms with van der Waals surface area (Å²) in [7, 11) is 5.92. The highest BCUT2D eigenvalue weighted by molar-refractivity contribution is 7.26. The molecule has 4 aromatic carbocycles. The minimum absolute atomic E-state index is 0.793. The van der Waals surface area contributed by atoms with E-state index in [2.05, 4.69) is 72.8 Å². The highest BCUT2D eigenvalue weighted by atomic mass is 32.1. The number of hydrogen-bond donors (Lipinski definition) is 0. The molecule has 0 spiro atoms. The molecule has 5 rings (SSSR count). The van der Waals surface area contributed by atoms with Gasteiger partial charge < -0.3 is 0 Å². The molecule has 1 aromatic heterocycles. The summed E-state index contributed by atoms with van der Waals surface area (Å²) in [6, 6.07) is 32.0. The van der Waals surface area contributed by atoms with Crippen LogP contribution in [0.15, 0.2) is 91.0 Å². The lowest BCUT2D eigenvalue weighted by Gasteiger charge is -2.07. The van der Waals surface area contributed by atoms with Crippen LogP contribution in [0.4, 0.5) is 0 Å². The van der Waals surface area contributed by atoms with E-state index in [0.29, 0.717) is 0 Å². The molecule has 120 valence electrons. The molecule has 0 nitrogen and oxygen atoms in total. The summed E-state index contributed by atoms with van der Waals surface area (Å²) in [6.45, 7) is 0. The first-order chi connectivity index (χ1) is 12.8. The number of benzene rings is 4. The summed E-state index contributed by atoms with van der Waals surface area (Å²) in [5.41, 5.74) is 5.67. The Balaban J connectivity index is 1.64. The van der Waals surface area contributed by atoms with Crippen LogP contribution in [0.3, 0.4) is 0 Å². The second-order valence-electron chi connectivity index (χ2n) is 6.48. The Labute approximate surface area is 158 Å². The molecular formula is C24H15BS. The Kier molecular flexibility index (Phi) is 3.65. The number of hydrogen-bond acceptors (Lipinski definition) is 1. The van der Waals surface area contributed by atoms with Crippen molar-refractivity contribution in [3.05, 3.63) is 91.0 Å². The monoisotopic (exact) mass is 346 g/mol. The molecule has 0 unspecified atom stereocenters. The average molecular weight is 346 g/mol. The van der Waals surface area contributed by atoms with Crippen LogP contribution in [0.2, 0.25) is 0 Å². The fourth-order valence-corrected chi connectivity index (χ4v) is 4.77. The molecular weight excluding hydrogens is 331 g/mol. The van der Waals surface area contributed by atoms with Crippen molar-refractivity contribution in [3.63, 3.8) is 0 Å². The maximum absolute atomic E-state index is 5.92. The Hall–Kier alpha value is -2.84. The van der Waals surface area contributed by atoms with Gasteiger partial charge >= 0.3 is 0 Å². The van der Waals surface area contributed by atoms with Crippen molar-refractivity contribution < 1.29 is 0 Å². The summed E-state index contributed by atoms with van der Waals surface area (Å²) in [4.78, 5) is 0. The van der Waals surface area contributed by atoms with Gasteiger partial charge in [-0.15, -0.1) is 11.3 Å². The quantitative estimate of drug-likeness (QED) is 0.335. The molecule has 0 aliphatic carbocycles. The van der Waals surface area contributed by atoms with Gasteiger partial charge in [-0.2, -0.15) is 0 Å². The lowest BCUT2D eigenvalue weighted by molar-refractivity contribution is 1.62. The SMILES string of the molecule is [B]c1cccc(-c2ccc(-c3cccc4c3sc3ccccc34)cc2)c1. The molecule has 2 radical (unpaired) electrons. The average Bonchev–Trinajstić information content (AvgIpc) is 3.07. The van der Waals surface area contributed by atoms with Gasteiger partial charge in [0.2, 0.25) is 0 Å². The summed E-state index contributed by atoms with van der Waals surface area (Å²) in [6.07, 6.45) is 0. The summed E-state index contributed by atoms with van der Waals surface area (Å²) in [5, 5.41) is 2.67. The molecule has 0 fully saturated rings. The van der Waals surface area contributed by atoms with Gasteiger partial charge in [0, 0.05) is 20.2 Å². The van der Waals surface area contributed by atoms with E-state index in [1.165, 1.54) is 36.9 Å². The van der Waals surface area contributed by atoms with E-state index in [0.717, 1.165) is 11.0 Å². The van der Waals surface area contributed by atoms with Crippen molar-refractivity contribution in [2.45, 2.75) is 0 Å². The highest BCUT2D eigenvalue weighted by Gasteiger charge is 2.10. The smallest absolute Gasteiger partial charge is 0.113 e. The van der Waals surface area contributed by atoms with Crippen LogP contribution in [0, 0.1) is 0 Å². The van der Waals surface area contributed by atoms with Crippen LogP contribution in [0.5, 0.6) is 0 Å². The fourth-order valence-electron chi connectivity index (χ4n) is 3.53. The van der Waals surface area contributed by atoms with Crippen molar-refractivity contribution >= 4 is 44.8 Å². The second kappa shape index (κ2) is 6.15. The van der Waals surface area contributed by atoms with Crippen LogP contribution >= 0.6 is 11.3 Å². The molecule has 0 bridgehead atoms. The van der Waals surface area contributed by atoms with Gasteiger partial charge in [0.15, 0.2) is 0 Å². The molecule has 0 amide bonds. The third-order valence-corrected chi connectivity index (χ3v) is 6.04. The standard InChI is InChI=1S/C24H15BS/c25-19-6-3-5-18(15-19)16-11-13-17(14-12-16)20-8-4-9-22-21-7-1-2-10-23(21)26-24(20)22/h1-15H. The van der Waals surface area contributed by atoms with Crippen molar-refractivity contribution in [2.75, 3.05) is 0 Å². The van der Waals surface area contributed by atoms with E-state index in [4.69, 9.17) is 7.85 Å². The first kappa shape index (κ1) is 15.4. The van der Waals surface area contributed by atoms with E-state index in [-0.39, 0.29) is 0 Å². The van der Waals surface area contributed by atoms with Gasteiger partial charge in [0.05, 0.1) is 0 Å². The maximum Gasteiger partial charge on any atom is 0.113 e. The Morgan fingerprint density at radius 2 is 1.31 bits per heavy atom. The zero-order chi connectivity index (χ0) is 17.5. The Morgan fingerprint density at radius 3 is 2.15 bits per heavy atom. The van der Waals surface area contributed by atoms with Crippen LogP contribution in [0.25, 0.3) is 42.4 Å². The topological polar surface area (TPSA) is 0 Å². The molecule has 5 aromatic rings. The van der Waals surface area contributed by atoms with E-state index in [1.54, 1.807) is 0 Å². The molecule has 2 heteroatoms. The molecule has 0 atom stereocenters. The Bertz CT molecular complexity index is 1230. The molecule has 0 aliphatic heterocycles. The maximum atomic E-state index is 5.92. The van der Waals surface area contributed by atoms with E-state index in [9.17, 15) is 0 Å². The van der Waals surface area contributed by atoms with Crippen molar-refractivity contribution in [1.82, 2.24) is 0 Å². The van der Waals surface area contributed by atoms with Crippen molar-refractivity contribution in [2.24, 2.45) is 0 Å². The van der Waals surface area contributed by atoms with Crippen LogP contribution in [-0.2, 0) is 0 Å². The molecule has 0 saturated heterocycles. The van der Waals surface area contributed by atoms with Crippen molar-refractivity contribution in [3.8, 4) is 22.3 Å². The minimum atomic E-state index is 0.793. The van der Waals surface area contributed by atoms with Crippen LogP contribution in [-0.4, -0.2) is 7.85 Å². The van der Waals surface area contributed by atoms with Gasteiger partial charge in [-0.25, -0.2) is 0 Å². The highest BCUT2D eigenvalue weighted by Crippen LogP contribution is 2.39. The van der Waals surface area contributed by atoms with Gasteiger partial charge in [0.1, 0.15) is 7.85 Å². The number of fused-ring (bicyclic) bond motifs is 3. The summed E-state index contributed by atoms with van der Waals surface area (Å²) in [5.74, 6) is 0. The molecule has 1 heterocycles. The zero-order valence-corrected chi connectivity index (χ0v) is 15.0. The molecule has 0 N–H and O–H groups in total. The lowest BCUT2D eigenvalue weighted by atomic mass is 9.92. The van der Waals surface area contributed by atoms with Gasteiger partial charge in [-0.1, -0.05) is 90.4 Å². The first-order valence-corrected chi connectivity index (χ1v) is 9.48. The fraction of sp³-hybridized carbons (Fsp3) is 0. The van der Waals surface area contributed by atoms with Gasteiger partial charge in [-0.05, 0) is 28.3 Å². The number of thiophene rings is 1. The molecule has 0 saturated carbocycles. The third-order valence-electron chi connectivity index (χ3n) is 4.82. The van der Waals surface area contributed by atoms with E-state index in [1.807, 2.05) is 29.5 Å². The first-order valence-electron chi connectivity index (χ1n) is 8.66. The van der Waals surface area contributed by atoms with Crippen molar-refractivity contribution in [1.29, 1.82) is 0 Å². The van der Waals surface area contributed by atoms with Gasteiger partial charge in [0.25, 0.3) is 0 Å². The third kappa shape index (κ3) is 2.54. The predicted octanol–water partition coefficient (Wildman–Crippen LogP) is 6.18. The largest absolute Gasteiger partial charge is 0.135 e. The van der Waals surface area contributed by atoms with E-state index >= 15 is 0 Å². The zero-order valence-electron chi connectivity index (χ0n) is 14.1. The normalized spacial score (nSPS) is 11.2. The van der Waals surface area contributed by atoms with E-state index < -0.39 is 0 Å². The van der Waals surface area contributed by atoms with Crippen LogP contribution < -0.4 is 5.46 Å². The summed E-state index contributed by atoms with van der Waals surface area (Å²) >= 11 is 1.87. The predicted molar refractivity (Wildman–Crippen MR) is 116 cm³/mol. The van der Waals surface area contributed by atoms with Gasteiger partial charge in [-0.3, -0.25) is 0 Å². The second-order valence-corrected chi connectivity index (χ2v) is 7.54. The minimum Gasteiger partial charge on any atom is -0.135 e. The molecule has 26 heavy (non-hydrogen) atoms. The summed E-state index contributed by atoms with van der Waals surface area (Å²) < 4.78 is 2.69. The van der Waals surface area contributed by atoms with Crippen LogP contribution in [0.1, 0.15) is 0 Å².